The predicted molar refractivity (Wildman–Crippen MR) is 85.9 cm³/mol. The maximum Gasteiger partial charge on any atom is 0.260 e. The van der Waals surface area contributed by atoms with Crippen LogP contribution in [-0.2, 0) is 5.41 Å². The van der Waals surface area contributed by atoms with Crippen LogP contribution < -0.4 is 10.1 Å². The fraction of sp³-hybridized carbons (Fsp3) is 0.333. The summed E-state index contributed by atoms with van der Waals surface area (Å²) in [6.45, 7) is 6.22. The minimum atomic E-state index is -0.258. The molecule has 1 heterocycles. The number of hydrogen-bond acceptors (Lipinski definition) is 3. The molecule has 112 valence electrons. The second kappa shape index (κ2) is 5.89. The average Bonchev–Trinajstić information content (AvgIpc) is 2.86. The largest absolute Gasteiger partial charge is 0.496 e. The minimum Gasteiger partial charge on any atom is -0.496 e. The van der Waals surface area contributed by atoms with Gasteiger partial charge >= 0.3 is 0 Å². The highest BCUT2D eigenvalue weighted by Gasteiger charge is 2.18. The zero-order valence-corrected chi connectivity index (χ0v) is 14.0. The summed E-state index contributed by atoms with van der Waals surface area (Å²) in [6.07, 6.45) is 0. The van der Waals surface area contributed by atoms with Crippen LogP contribution in [0.1, 0.15) is 36.8 Å². The number of H-pyrrole nitrogens is 1. The summed E-state index contributed by atoms with van der Waals surface area (Å²) in [5.74, 6) is 0.745. The third kappa shape index (κ3) is 3.64. The molecule has 0 fully saturated rings. The maximum atomic E-state index is 12.3. The standard InChI is InChI=1S/C15H18BrN3O2/c1-15(2,3)12-8-13(19-18-12)17-14(20)10-6-5-9(16)7-11(10)21-4/h5-8H,1-4H3,(H2,17,18,19,20). The Morgan fingerprint density at radius 3 is 2.62 bits per heavy atom. The molecule has 2 N–H and O–H groups in total. The SMILES string of the molecule is COc1cc(Br)ccc1C(=O)Nc1cc(C(C)(C)C)[nH]n1. The summed E-state index contributed by atoms with van der Waals surface area (Å²) in [5.41, 5.74) is 1.37. The number of nitrogens with zero attached hydrogens (tertiary/aromatic N) is 1. The molecule has 1 amide bonds. The van der Waals surface area contributed by atoms with E-state index in [0.717, 1.165) is 10.2 Å². The molecule has 0 atom stereocenters. The molecule has 0 saturated carbocycles. The molecular weight excluding hydrogens is 334 g/mol. The van der Waals surface area contributed by atoms with Crippen molar-refractivity contribution in [3.63, 3.8) is 0 Å². The summed E-state index contributed by atoms with van der Waals surface area (Å²) >= 11 is 3.35. The molecule has 1 aromatic carbocycles. The smallest absolute Gasteiger partial charge is 0.260 e. The predicted octanol–water partition coefficient (Wildman–Crippen LogP) is 3.73. The van der Waals surface area contributed by atoms with Crippen molar-refractivity contribution in [2.45, 2.75) is 26.2 Å². The maximum absolute atomic E-state index is 12.3. The van der Waals surface area contributed by atoms with Gasteiger partial charge in [-0.1, -0.05) is 36.7 Å². The Balaban J connectivity index is 2.20. The lowest BCUT2D eigenvalue weighted by molar-refractivity contribution is 0.102. The number of rotatable bonds is 3. The van der Waals surface area contributed by atoms with Gasteiger partial charge in [0.25, 0.3) is 5.91 Å². The second-order valence-corrected chi connectivity index (χ2v) is 6.63. The lowest BCUT2D eigenvalue weighted by Crippen LogP contribution is -2.13. The highest BCUT2D eigenvalue weighted by Crippen LogP contribution is 2.25. The van der Waals surface area contributed by atoms with Crippen molar-refractivity contribution in [3.05, 3.63) is 40.0 Å². The van der Waals surface area contributed by atoms with Crippen molar-refractivity contribution in [3.8, 4) is 5.75 Å². The Morgan fingerprint density at radius 2 is 2.05 bits per heavy atom. The summed E-state index contributed by atoms with van der Waals surface area (Å²) in [5, 5.41) is 9.82. The van der Waals surface area contributed by atoms with Crippen molar-refractivity contribution in [1.29, 1.82) is 0 Å². The van der Waals surface area contributed by atoms with Crippen LogP contribution in [0.2, 0.25) is 0 Å². The Hall–Kier alpha value is -1.82. The number of benzene rings is 1. The van der Waals surface area contributed by atoms with E-state index >= 15 is 0 Å². The number of aromatic amines is 1. The van der Waals surface area contributed by atoms with Crippen LogP contribution in [0, 0.1) is 0 Å². The number of methoxy groups -OCH3 is 1. The van der Waals surface area contributed by atoms with Gasteiger partial charge < -0.3 is 10.1 Å². The van der Waals surface area contributed by atoms with E-state index in [2.05, 4.69) is 52.2 Å². The fourth-order valence-corrected chi connectivity index (χ4v) is 2.15. The van der Waals surface area contributed by atoms with Gasteiger partial charge in [-0.2, -0.15) is 5.10 Å². The molecule has 1 aromatic heterocycles. The second-order valence-electron chi connectivity index (χ2n) is 5.72. The molecule has 6 heteroatoms. The van der Waals surface area contributed by atoms with Gasteiger partial charge in [0.2, 0.25) is 0 Å². The number of hydrogen-bond donors (Lipinski definition) is 2. The normalized spacial score (nSPS) is 11.3. The van der Waals surface area contributed by atoms with Gasteiger partial charge in [0.1, 0.15) is 5.75 Å². The van der Waals surface area contributed by atoms with E-state index in [-0.39, 0.29) is 11.3 Å². The van der Waals surface area contributed by atoms with E-state index in [9.17, 15) is 4.79 Å². The van der Waals surface area contributed by atoms with Gasteiger partial charge in [-0.15, -0.1) is 0 Å². The molecule has 0 saturated heterocycles. The Morgan fingerprint density at radius 1 is 1.33 bits per heavy atom. The zero-order valence-electron chi connectivity index (χ0n) is 12.5. The highest BCUT2D eigenvalue weighted by molar-refractivity contribution is 9.10. The molecular formula is C15H18BrN3O2. The number of amides is 1. The monoisotopic (exact) mass is 351 g/mol. The molecule has 2 rings (SSSR count). The summed E-state index contributed by atoms with van der Waals surface area (Å²) in [4.78, 5) is 12.3. The summed E-state index contributed by atoms with van der Waals surface area (Å²) in [7, 11) is 1.53. The number of halogens is 1. The van der Waals surface area contributed by atoms with Crippen LogP contribution in [0.15, 0.2) is 28.7 Å². The third-order valence-corrected chi connectivity index (χ3v) is 3.53. The van der Waals surface area contributed by atoms with Gasteiger partial charge in [-0.25, -0.2) is 0 Å². The van der Waals surface area contributed by atoms with E-state index < -0.39 is 0 Å². The van der Waals surface area contributed by atoms with E-state index in [1.54, 1.807) is 18.2 Å². The molecule has 5 nitrogen and oxygen atoms in total. The highest BCUT2D eigenvalue weighted by atomic mass is 79.9. The minimum absolute atomic E-state index is 0.0503. The van der Waals surface area contributed by atoms with E-state index in [0.29, 0.717) is 17.1 Å². The van der Waals surface area contributed by atoms with Gasteiger partial charge in [-0.3, -0.25) is 9.89 Å². The van der Waals surface area contributed by atoms with Gasteiger partial charge in [-0.05, 0) is 18.2 Å². The van der Waals surface area contributed by atoms with Crippen molar-refractivity contribution < 1.29 is 9.53 Å². The Kier molecular flexibility index (Phi) is 4.37. The summed E-state index contributed by atoms with van der Waals surface area (Å²) in [6, 6.07) is 7.08. The van der Waals surface area contributed by atoms with E-state index in [1.807, 2.05) is 6.07 Å². The topological polar surface area (TPSA) is 67.0 Å². The third-order valence-electron chi connectivity index (χ3n) is 3.04. The first-order valence-corrected chi connectivity index (χ1v) is 7.31. The molecule has 0 aliphatic rings. The lowest BCUT2D eigenvalue weighted by Gasteiger charge is -2.14. The van der Waals surface area contributed by atoms with Crippen LogP contribution in [0.4, 0.5) is 5.82 Å². The molecule has 0 radical (unpaired) electrons. The van der Waals surface area contributed by atoms with Gasteiger partial charge in [0.15, 0.2) is 5.82 Å². The Labute approximate surface area is 132 Å². The average molecular weight is 352 g/mol. The van der Waals surface area contributed by atoms with Gasteiger partial charge in [0, 0.05) is 21.6 Å². The van der Waals surface area contributed by atoms with Crippen LogP contribution in [0.3, 0.4) is 0 Å². The summed E-state index contributed by atoms with van der Waals surface area (Å²) < 4.78 is 6.08. The number of aromatic nitrogens is 2. The van der Waals surface area contributed by atoms with E-state index in [1.165, 1.54) is 7.11 Å². The van der Waals surface area contributed by atoms with Crippen molar-refractivity contribution >= 4 is 27.7 Å². The quantitative estimate of drug-likeness (QED) is 0.885. The van der Waals surface area contributed by atoms with Crippen molar-refractivity contribution in [1.82, 2.24) is 10.2 Å². The van der Waals surface area contributed by atoms with Crippen LogP contribution >= 0.6 is 15.9 Å². The number of anilines is 1. The van der Waals surface area contributed by atoms with Crippen LogP contribution in [0.5, 0.6) is 5.75 Å². The number of ether oxygens (including phenoxy) is 1. The first kappa shape index (κ1) is 15.6. The first-order valence-electron chi connectivity index (χ1n) is 6.52. The number of carbonyl (C=O) groups excluding carboxylic acids is 1. The van der Waals surface area contributed by atoms with E-state index in [4.69, 9.17) is 4.74 Å². The lowest BCUT2D eigenvalue weighted by atomic mass is 9.92. The van der Waals surface area contributed by atoms with Crippen LogP contribution in [0.25, 0.3) is 0 Å². The van der Waals surface area contributed by atoms with Gasteiger partial charge in [0.05, 0.1) is 12.7 Å². The number of carbonyl (C=O) groups is 1. The Bertz CT molecular complexity index is 659. The molecule has 2 aromatic rings. The fourth-order valence-electron chi connectivity index (χ4n) is 1.81. The molecule has 0 aliphatic heterocycles. The molecule has 0 bridgehead atoms. The molecule has 0 unspecified atom stereocenters. The zero-order chi connectivity index (χ0) is 15.6. The molecule has 21 heavy (non-hydrogen) atoms. The first-order chi connectivity index (χ1) is 9.81. The van der Waals surface area contributed by atoms with Crippen molar-refractivity contribution in [2.75, 3.05) is 12.4 Å². The van der Waals surface area contributed by atoms with Crippen molar-refractivity contribution in [2.24, 2.45) is 0 Å². The molecule has 0 spiro atoms. The van der Waals surface area contributed by atoms with Crippen LogP contribution in [-0.4, -0.2) is 23.2 Å². The number of nitrogens with one attached hydrogen (secondary N) is 2. The molecule has 0 aliphatic carbocycles.